The Bertz CT molecular complexity index is 1160. The molecule has 2 aliphatic rings. The average Bonchev–Trinajstić information content (AvgIpc) is 2.82. The molecule has 1 aromatic heterocycles. The van der Waals surface area contributed by atoms with Crippen LogP contribution in [0.2, 0.25) is 0 Å². The number of anilines is 1. The van der Waals surface area contributed by atoms with Gasteiger partial charge in [-0.3, -0.25) is 9.59 Å². The maximum absolute atomic E-state index is 13.2. The molecule has 1 fully saturated rings. The lowest BCUT2D eigenvalue weighted by Crippen LogP contribution is -2.47. The Kier molecular flexibility index (Phi) is 6.40. The number of piperidine rings is 1. The van der Waals surface area contributed by atoms with Crippen LogP contribution in [0.4, 0.5) is 5.69 Å². The molecule has 0 unspecified atom stereocenters. The van der Waals surface area contributed by atoms with Crippen molar-refractivity contribution < 1.29 is 4.79 Å². The molecule has 5 rings (SSSR count). The van der Waals surface area contributed by atoms with Crippen LogP contribution in [0.5, 0.6) is 0 Å². The third-order valence-electron chi connectivity index (χ3n) is 6.94. The molecule has 1 amide bonds. The Morgan fingerprint density at radius 3 is 2.36 bits per heavy atom. The number of carbonyl (C=O) groups is 1. The molecule has 3 aromatic rings. The number of amides is 1. The van der Waals surface area contributed by atoms with Crippen LogP contribution >= 0.6 is 0 Å². The zero-order valence-corrected chi connectivity index (χ0v) is 19.0. The van der Waals surface area contributed by atoms with Gasteiger partial charge in [0, 0.05) is 31.2 Å². The molecule has 3 heterocycles. The molecular weight excluding hydrogens is 410 g/mol. The maximum atomic E-state index is 13.2. The Labute approximate surface area is 195 Å². The second-order valence-corrected chi connectivity index (χ2v) is 9.45. The van der Waals surface area contributed by atoms with Crippen molar-refractivity contribution in [3.63, 3.8) is 0 Å². The Hall–Kier alpha value is -3.18. The highest BCUT2D eigenvalue weighted by Gasteiger charge is 2.34. The SMILES string of the molecule is O=C(Cc1ccccc1)Nc1ccc2n(c1=O)C[C@@H]1C[C@@H]2CN(CCCc2ccccc2)C1. The third-order valence-corrected chi connectivity index (χ3v) is 6.94. The number of benzene rings is 2. The van der Waals surface area contributed by atoms with Crippen LogP contribution in [0, 0.1) is 5.92 Å². The van der Waals surface area contributed by atoms with E-state index in [1.165, 1.54) is 5.56 Å². The first-order valence-electron chi connectivity index (χ1n) is 12.0. The van der Waals surface area contributed by atoms with E-state index in [4.69, 9.17) is 0 Å². The fourth-order valence-electron chi connectivity index (χ4n) is 5.45. The van der Waals surface area contributed by atoms with Crippen LogP contribution in [-0.4, -0.2) is 35.0 Å². The molecule has 33 heavy (non-hydrogen) atoms. The van der Waals surface area contributed by atoms with E-state index in [1.54, 1.807) is 6.07 Å². The van der Waals surface area contributed by atoms with Gasteiger partial charge in [-0.05, 0) is 55.0 Å². The van der Waals surface area contributed by atoms with Gasteiger partial charge in [0.15, 0.2) is 0 Å². The predicted octanol–water partition coefficient (Wildman–Crippen LogP) is 4.08. The fourth-order valence-corrected chi connectivity index (χ4v) is 5.45. The number of likely N-dealkylation sites (tertiary alicyclic amines) is 1. The van der Waals surface area contributed by atoms with E-state index >= 15 is 0 Å². The summed E-state index contributed by atoms with van der Waals surface area (Å²) in [6.07, 6.45) is 3.68. The van der Waals surface area contributed by atoms with Crippen molar-refractivity contribution in [1.29, 1.82) is 0 Å². The number of hydrogen-bond acceptors (Lipinski definition) is 3. The van der Waals surface area contributed by atoms with E-state index in [2.05, 4.69) is 40.5 Å². The van der Waals surface area contributed by atoms with Crippen molar-refractivity contribution in [2.75, 3.05) is 25.0 Å². The van der Waals surface area contributed by atoms with E-state index in [1.807, 2.05) is 41.0 Å². The van der Waals surface area contributed by atoms with Gasteiger partial charge in [-0.2, -0.15) is 0 Å². The lowest BCUT2D eigenvalue weighted by Gasteiger charge is -2.43. The first kappa shape index (κ1) is 21.7. The van der Waals surface area contributed by atoms with Crippen LogP contribution in [-0.2, 0) is 24.2 Å². The molecule has 2 bridgehead atoms. The van der Waals surface area contributed by atoms with Crippen molar-refractivity contribution in [2.45, 2.75) is 38.1 Å². The van der Waals surface area contributed by atoms with Crippen LogP contribution in [0.3, 0.4) is 0 Å². The quantitative estimate of drug-likeness (QED) is 0.601. The first-order chi connectivity index (χ1) is 16.2. The molecule has 0 spiro atoms. The maximum Gasteiger partial charge on any atom is 0.274 e. The van der Waals surface area contributed by atoms with Gasteiger partial charge in [0.25, 0.3) is 5.56 Å². The summed E-state index contributed by atoms with van der Waals surface area (Å²) in [6.45, 7) is 3.88. The summed E-state index contributed by atoms with van der Waals surface area (Å²) in [6, 6.07) is 24.1. The van der Waals surface area contributed by atoms with Crippen molar-refractivity contribution in [3.8, 4) is 0 Å². The van der Waals surface area contributed by atoms with E-state index in [9.17, 15) is 9.59 Å². The van der Waals surface area contributed by atoms with Crippen LogP contribution < -0.4 is 10.9 Å². The number of rotatable bonds is 7. The van der Waals surface area contributed by atoms with Crippen molar-refractivity contribution in [2.24, 2.45) is 5.92 Å². The number of carbonyl (C=O) groups excluding carboxylic acids is 1. The number of aromatic nitrogens is 1. The summed E-state index contributed by atoms with van der Waals surface area (Å²) in [5.74, 6) is 0.719. The number of nitrogens with one attached hydrogen (secondary N) is 1. The summed E-state index contributed by atoms with van der Waals surface area (Å²) in [5.41, 5.74) is 3.77. The highest BCUT2D eigenvalue weighted by Crippen LogP contribution is 2.35. The van der Waals surface area contributed by atoms with Crippen molar-refractivity contribution in [3.05, 3.63) is 100.0 Å². The van der Waals surface area contributed by atoms with Gasteiger partial charge in [0.05, 0.1) is 6.42 Å². The summed E-state index contributed by atoms with van der Waals surface area (Å²) in [7, 11) is 0. The molecule has 1 saturated heterocycles. The summed E-state index contributed by atoms with van der Waals surface area (Å²) in [5, 5.41) is 2.84. The minimum Gasteiger partial charge on any atom is -0.321 e. The number of nitrogens with zero attached hydrogens (tertiary/aromatic N) is 2. The van der Waals surface area contributed by atoms with Gasteiger partial charge in [-0.25, -0.2) is 0 Å². The third kappa shape index (κ3) is 5.09. The van der Waals surface area contributed by atoms with E-state index in [-0.39, 0.29) is 17.9 Å². The minimum atomic E-state index is -0.153. The molecule has 0 radical (unpaired) electrons. The molecule has 1 N–H and O–H groups in total. The molecular formula is C28H31N3O2. The Morgan fingerprint density at radius 2 is 1.61 bits per heavy atom. The summed E-state index contributed by atoms with van der Waals surface area (Å²) < 4.78 is 1.91. The Morgan fingerprint density at radius 1 is 0.879 bits per heavy atom. The van der Waals surface area contributed by atoms with Crippen molar-refractivity contribution >= 4 is 11.6 Å². The van der Waals surface area contributed by atoms with Crippen LogP contribution in [0.1, 0.15) is 35.6 Å². The Balaban J connectivity index is 1.23. The lowest BCUT2D eigenvalue weighted by molar-refractivity contribution is -0.115. The van der Waals surface area contributed by atoms with Crippen LogP contribution in [0.15, 0.2) is 77.6 Å². The number of fused-ring (bicyclic) bond motifs is 4. The number of aryl methyl sites for hydroxylation is 1. The lowest BCUT2D eigenvalue weighted by atomic mass is 9.83. The molecule has 2 aromatic carbocycles. The van der Waals surface area contributed by atoms with E-state index < -0.39 is 0 Å². The molecule has 170 valence electrons. The number of hydrogen-bond donors (Lipinski definition) is 1. The molecule has 5 heteroatoms. The second kappa shape index (κ2) is 9.75. The first-order valence-corrected chi connectivity index (χ1v) is 12.0. The highest BCUT2D eigenvalue weighted by molar-refractivity contribution is 5.92. The van der Waals surface area contributed by atoms with Gasteiger partial charge in [-0.1, -0.05) is 60.7 Å². The predicted molar refractivity (Wildman–Crippen MR) is 132 cm³/mol. The topological polar surface area (TPSA) is 54.3 Å². The highest BCUT2D eigenvalue weighted by atomic mass is 16.2. The van der Waals surface area contributed by atoms with Crippen molar-refractivity contribution in [1.82, 2.24) is 9.47 Å². The monoisotopic (exact) mass is 441 g/mol. The molecule has 5 nitrogen and oxygen atoms in total. The molecule has 0 aliphatic carbocycles. The number of pyridine rings is 1. The summed E-state index contributed by atoms with van der Waals surface area (Å²) in [4.78, 5) is 28.2. The minimum absolute atomic E-state index is 0.0684. The second-order valence-electron chi connectivity index (χ2n) is 9.45. The smallest absolute Gasteiger partial charge is 0.274 e. The normalized spacial score (nSPS) is 19.6. The molecule has 2 atom stereocenters. The van der Waals surface area contributed by atoms with Gasteiger partial charge < -0.3 is 14.8 Å². The van der Waals surface area contributed by atoms with Gasteiger partial charge >= 0.3 is 0 Å². The van der Waals surface area contributed by atoms with Gasteiger partial charge in [0.1, 0.15) is 5.69 Å². The molecule has 0 saturated carbocycles. The standard InChI is InChI=1S/C28H31N3O2/c32-27(17-22-10-5-2-6-11-22)29-25-13-14-26-24-16-23(19-31(26)28(25)33)18-30(20-24)15-7-12-21-8-3-1-4-9-21/h1-6,8-11,13-14,23-24H,7,12,15-20H2,(H,29,32)/t23-,24-/m1/s1. The van der Waals surface area contributed by atoms with E-state index in [0.717, 1.165) is 56.7 Å². The summed E-state index contributed by atoms with van der Waals surface area (Å²) >= 11 is 0. The average molecular weight is 442 g/mol. The molecule has 2 aliphatic heterocycles. The largest absolute Gasteiger partial charge is 0.321 e. The zero-order valence-electron chi connectivity index (χ0n) is 19.0. The zero-order chi connectivity index (χ0) is 22.6. The van der Waals surface area contributed by atoms with Gasteiger partial charge in [0.2, 0.25) is 5.91 Å². The van der Waals surface area contributed by atoms with Crippen LogP contribution in [0.25, 0.3) is 0 Å². The van der Waals surface area contributed by atoms with E-state index in [0.29, 0.717) is 17.5 Å². The van der Waals surface area contributed by atoms with Gasteiger partial charge in [-0.15, -0.1) is 0 Å². The fraction of sp³-hybridized carbons (Fsp3) is 0.357.